The van der Waals surface area contributed by atoms with Crippen LogP contribution in [0, 0.1) is 5.92 Å². The highest BCUT2D eigenvalue weighted by Gasteiger charge is 2.22. The van der Waals surface area contributed by atoms with Gasteiger partial charge in [0.05, 0.1) is 0 Å². The van der Waals surface area contributed by atoms with Crippen LogP contribution < -0.4 is 5.73 Å². The lowest BCUT2D eigenvalue weighted by atomic mass is 10.1. The molecule has 0 bridgehead atoms. The SMILES string of the molecule is CC(C)CN1CC(N)C1. The van der Waals surface area contributed by atoms with E-state index in [0.29, 0.717) is 6.04 Å². The zero-order valence-electron chi connectivity index (χ0n) is 6.30. The van der Waals surface area contributed by atoms with E-state index >= 15 is 0 Å². The van der Waals surface area contributed by atoms with Crippen LogP contribution >= 0.6 is 0 Å². The highest BCUT2D eigenvalue weighted by molar-refractivity contribution is 4.82. The second-order valence-electron chi connectivity index (χ2n) is 3.37. The lowest BCUT2D eigenvalue weighted by Gasteiger charge is -2.37. The molecule has 0 amide bonds. The van der Waals surface area contributed by atoms with Crippen molar-refractivity contribution < 1.29 is 0 Å². The first-order chi connectivity index (χ1) is 4.18. The molecule has 1 aliphatic heterocycles. The maximum atomic E-state index is 5.60. The molecular weight excluding hydrogens is 112 g/mol. The van der Waals surface area contributed by atoms with Gasteiger partial charge < -0.3 is 5.73 Å². The van der Waals surface area contributed by atoms with Gasteiger partial charge in [-0.05, 0) is 5.92 Å². The third-order valence-electron chi connectivity index (χ3n) is 1.61. The van der Waals surface area contributed by atoms with E-state index < -0.39 is 0 Å². The molecule has 0 aliphatic carbocycles. The Labute approximate surface area is 57.0 Å². The van der Waals surface area contributed by atoms with Crippen LogP contribution in [0.1, 0.15) is 13.8 Å². The van der Waals surface area contributed by atoms with Gasteiger partial charge in [0.1, 0.15) is 0 Å². The second kappa shape index (κ2) is 2.67. The van der Waals surface area contributed by atoms with Crippen LogP contribution in [0.25, 0.3) is 0 Å². The van der Waals surface area contributed by atoms with Gasteiger partial charge in [-0.3, -0.25) is 4.90 Å². The average molecular weight is 128 g/mol. The first-order valence-corrected chi connectivity index (χ1v) is 3.66. The highest BCUT2D eigenvalue weighted by Crippen LogP contribution is 2.07. The summed E-state index contributed by atoms with van der Waals surface area (Å²) in [6, 6.07) is 0.462. The Balaban J connectivity index is 2.04. The Bertz CT molecular complexity index is 84.9. The molecule has 0 aromatic carbocycles. The quantitative estimate of drug-likeness (QED) is 0.579. The van der Waals surface area contributed by atoms with Gasteiger partial charge in [0.2, 0.25) is 0 Å². The number of nitrogens with two attached hydrogens (primary N) is 1. The highest BCUT2D eigenvalue weighted by atomic mass is 15.2. The van der Waals surface area contributed by atoms with Crippen LogP contribution in [0.15, 0.2) is 0 Å². The van der Waals surface area contributed by atoms with E-state index in [4.69, 9.17) is 5.73 Å². The van der Waals surface area contributed by atoms with Gasteiger partial charge in [-0.2, -0.15) is 0 Å². The lowest BCUT2D eigenvalue weighted by Crippen LogP contribution is -2.56. The summed E-state index contributed by atoms with van der Waals surface area (Å²) >= 11 is 0. The number of nitrogens with zero attached hydrogens (tertiary/aromatic N) is 1. The van der Waals surface area contributed by atoms with Crippen molar-refractivity contribution in [2.45, 2.75) is 19.9 Å². The third-order valence-corrected chi connectivity index (χ3v) is 1.61. The summed E-state index contributed by atoms with van der Waals surface area (Å²) in [6.07, 6.45) is 0. The molecule has 54 valence electrons. The van der Waals surface area contributed by atoms with Crippen LogP contribution in [0.3, 0.4) is 0 Å². The van der Waals surface area contributed by atoms with Gasteiger partial charge in [-0.1, -0.05) is 13.8 Å². The molecule has 1 fully saturated rings. The van der Waals surface area contributed by atoms with Gasteiger partial charge in [0.25, 0.3) is 0 Å². The smallest absolute Gasteiger partial charge is 0.0297 e. The van der Waals surface area contributed by atoms with E-state index in [-0.39, 0.29) is 0 Å². The maximum absolute atomic E-state index is 5.60. The van der Waals surface area contributed by atoms with E-state index in [1.165, 1.54) is 6.54 Å². The number of likely N-dealkylation sites (tertiary alicyclic amines) is 1. The normalized spacial score (nSPS) is 22.7. The molecule has 0 unspecified atom stereocenters. The topological polar surface area (TPSA) is 29.3 Å². The van der Waals surface area contributed by atoms with Crippen LogP contribution in [0.5, 0.6) is 0 Å². The van der Waals surface area contributed by atoms with E-state index in [9.17, 15) is 0 Å². The molecule has 2 heteroatoms. The first-order valence-electron chi connectivity index (χ1n) is 3.66. The van der Waals surface area contributed by atoms with Crippen molar-refractivity contribution in [3.63, 3.8) is 0 Å². The molecule has 0 aromatic heterocycles. The van der Waals surface area contributed by atoms with Crippen LogP contribution in [-0.4, -0.2) is 30.6 Å². The zero-order chi connectivity index (χ0) is 6.85. The fourth-order valence-electron chi connectivity index (χ4n) is 1.28. The number of hydrogen-bond donors (Lipinski definition) is 1. The predicted octanol–water partition coefficient (Wildman–Crippen LogP) is 0.285. The fraction of sp³-hybridized carbons (Fsp3) is 1.00. The van der Waals surface area contributed by atoms with Gasteiger partial charge in [-0.25, -0.2) is 0 Å². The molecule has 0 radical (unpaired) electrons. The van der Waals surface area contributed by atoms with Gasteiger partial charge in [0, 0.05) is 25.7 Å². The van der Waals surface area contributed by atoms with Crippen LogP contribution in [-0.2, 0) is 0 Å². The van der Waals surface area contributed by atoms with Crippen molar-refractivity contribution in [3.8, 4) is 0 Å². The minimum Gasteiger partial charge on any atom is -0.325 e. The van der Waals surface area contributed by atoms with Crippen molar-refractivity contribution in [2.24, 2.45) is 11.7 Å². The molecule has 9 heavy (non-hydrogen) atoms. The standard InChI is InChI=1S/C7H16N2/c1-6(2)3-9-4-7(8)5-9/h6-7H,3-5,8H2,1-2H3. The summed E-state index contributed by atoms with van der Waals surface area (Å²) in [5.41, 5.74) is 5.60. The van der Waals surface area contributed by atoms with E-state index in [2.05, 4.69) is 18.7 Å². The van der Waals surface area contributed by atoms with Crippen LogP contribution in [0.4, 0.5) is 0 Å². The van der Waals surface area contributed by atoms with Crippen molar-refractivity contribution in [1.29, 1.82) is 0 Å². The lowest BCUT2D eigenvalue weighted by molar-refractivity contribution is 0.134. The molecule has 0 spiro atoms. The molecule has 2 nitrogen and oxygen atoms in total. The van der Waals surface area contributed by atoms with Crippen molar-refractivity contribution >= 4 is 0 Å². The van der Waals surface area contributed by atoms with Gasteiger partial charge >= 0.3 is 0 Å². The molecule has 1 aliphatic rings. The average Bonchev–Trinajstić information content (AvgIpc) is 1.60. The first kappa shape index (κ1) is 7.03. The largest absolute Gasteiger partial charge is 0.325 e. The Hall–Kier alpha value is -0.0800. The van der Waals surface area contributed by atoms with Crippen LogP contribution in [0.2, 0.25) is 0 Å². The number of rotatable bonds is 2. The monoisotopic (exact) mass is 128 g/mol. The third kappa shape index (κ3) is 1.95. The molecular formula is C7H16N2. The van der Waals surface area contributed by atoms with Crippen molar-refractivity contribution in [1.82, 2.24) is 4.90 Å². The molecule has 0 saturated carbocycles. The summed E-state index contributed by atoms with van der Waals surface area (Å²) in [5.74, 6) is 0.789. The minimum absolute atomic E-state index is 0.462. The van der Waals surface area contributed by atoms with Crippen molar-refractivity contribution in [2.75, 3.05) is 19.6 Å². The molecule has 1 heterocycles. The summed E-state index contributed by atoms with van der Waals surface area (Å²) < 4.78 is 0. The molecule has 1 saturated heterocycles. The minimum atomic E-state index is 0.462. The zero-order valence-corrected chi connectivity index (χ0v) is 6.30. The fourth-order valence-corrected chi connectivity index (χ4v) is 1.28. The van der Waals surface area contributed by atoms with Gasteiger partial charge in [0.15, 0.2) is 0 Å². The summed E-state index contributed by atoms with van der Waals surface area (Å²) in [6.45, 7) is 7.91. The predicted molar refractivity (Wildman–Crippen MR) is 39.3 cm³/mol. The molecule has 2 N–H and O–H groups in total. The van der Waals surface area contributed by atoms with E-state index in [1.54, 1.807) is 0 Å². The molecule has 0 atom stereocenters. The molecule has 0 aromatic rings. The second-order valence-corrected chi connectivity index (χ2v) is 3.37. The summed E-state index contributed by atoms with van der Waals surface area (Å²) in [4.78, 5) is 2.40. The maximum Gasteiger partial charge on any atom is 0.0297 e. The van der Waals surface area contributed by atoms with E-state index in [0.717, 1.165) is 19.0 Å². The Morgan fingerprint density at radius 1 is 1.56 bits per heavy atom. The van der Waals surface area contributed by atoms with Crippen molar-refractivity contribution in [3.05, 3.63) is 0 Å². The van der Waals surface area contributed by atoms with E-state index in [1.807, 2.05) is 0 Å². The summed E-state index contributed by atoms with van der Waals surface area (Å²) in [5, 5.41) is 0. The summed E-state index contributed by atoms with van der Waals surface area (Å²) in [7, 11) is 0. The van der Waals surface area contributed by atoms with Gasteiger partial charge in [-0.15, -0.1) is 0 Å². The Morgan fingerprint density at radius 3 is 2.44 bits per heavy atom. The Morgan fingerprint density at radius 2 is 2.11 bits per heavy atom. The number of hydrogen-bond acceptors (Lipinski definition) is 2. The Kier molecular flexibility index (Phi) is 2.09. The molecule has 1 rings (SSSR count).